The van der Waals surface area contributed by atoms with E-state index in [1.54, 1.807) is 12.1 Å². The molecule has 0 aliphatic carbocycles. The molecule has 0 spiro atoms. The monoisotopic (exact) mass is 356 g/mol. The van der Waals surface area contributed by atoms with Crippen molar-refractivity contribution in [2.45, 2.75) is 10.8 Å². The number of thioether (sulfide) groups is 1. The maximum absolute atomic E-state index is 13.0. The number of nitrogens with zero attached hydrogens (tertiary/aromatic N) is 3. The number of rotatable bonds is 1. The number of allylic oxidation sites excluding steroid dienone is 2. The van der Waals surface area contributed by atoms with Gasteiger partial charge in [0, 0.05) is 4.90 Å². The number of hydrogen-bond acceptors (Lipinski definition) is 5. The normalized spacial score (nSPS) is 18.8. The number of amides is 1. The van der Waals surface area contributed by atoms with Crippen molar-refractivity contribution in [1.82, 2.24) is 4.90 Å². The number of benzene rings is 2. The fourth-order valence-electron chi connectivity index (χ4n) is 3.24. The van der Waals surface area contributed by atoms with Gasteiger partial charge in [-0.25, -0.2) is 0 Å². The summed E-state index contributed by atoms with van der Waals surface area (Å²) >= 11 is 1.33. The smallest absolute Gasteiger partial charge is 0.265 e. The number of fused-ring (bicyclic) bond motifs is 2. The maximum Gasteiger partial charge on any atom is 0.265 e. The number of hydrogen-bond donors (Lipinski definition) is 1. The van der Waals surface area contributed by atoms with Gasteiger partial charge in [0.25, 0.3) is 5.91 Å². The first-order valence-corrected chi connectivity index (χ1v) is 8.69. The first-order chi connectivity index (χ1) is 12.7. The summed E-state index contributed by atoms with van der Waals surface area (Å²) in [6.45, 7) is 0. The molecule has 0 unspecified atom stereocenters. The minimum atomic E-state index is -0.581. The fourth-order valence-corrected chi connectivity index (χ4v) is 4.40. The van der Waals surface area contributed by atoms with Crippen molar-refractivity contribution in [2.75, 3.05) is 0 Å². The van der Waals surface area contributed by atoms with Crippen LogP contribution >= 0.6 is 11.8 Å². The van der Waals surface area contributed by atoms with E-state index in [1.807, 2.05) is 42.5 Å². The van der Waals surface area contributed by atoms with E-state index < -0.39 is 5.92 Å². The largest absolute Gasteiger partial charge is 0.384 e. The average molecular weight is 356 g/mol. The van der Waals surface area contributed by atoms with Crippen molar-refractivity contribution in [3.8, 4) is 12.1 Å². The molecule has 2 aliphatic rings. The molecule has 2 heterocycles. The van der Waals surface area contributed by atoms with Crippen LogP contribution in [0.5, 0.6) is 0 Å². The Balaban J connectivity index is 1.99. The molecular weight excluding hydrogens is 344 g/mol. The second-order valence-electron chi connectivity index (χ2n) is 5.82. The van der Waals surface area contributed by atoms with Gasteiger partial charge in [0.2, 0.25) is 0 Å². The summed E-state index contributed by atoms with van der Waals surface area (Å²) in [6.07, 6.45) is 0. The molecule has 26 heavy (non-hydrogen) atoms. The zero-order valence-electron chi connectivity index (χ0n) is 13.5. The number of nitrogens with two attached hydrogens (primary N) is 1. The molecule has 124 valence electrons. The van der Waals surface area contributed by atoms with E-state index in [-0.39, 0.29) is 17.3 Å². The lowest BCUT2D eigenvalue weighted by atomic mass is 9.83. The summed E-state index contributed by atoms with van der Waals surface area (Å²) in [5.41, 5.74) is 8.12. The van der Waals surface area contributed by atoms with Crippen molar-refractivity contribution in [1.29, 1.82) is 10.5 Å². The summed E-state index contributed by atoms with van der Waals surface area (Å²) < 4.78 is 0. The Kier molecular flexibility index (Phi) is 3.76. The van der Waals surface area contributed by atoms with Gasteiger partial charge < -0.3 is 5.73 Å². The first kappa shape index (κ1) is 16.0. The van der Waals surface area contributed by atoms with Crippen LogP contribution in [0, 0.1) is 22.7 Å². The van der Waals surface area contributed by atoms with Gasteiger partial charge in [-0.1, -0.05) is 54.2 Å². The molecule has 2 aromatic rings. The summed E-state index contributed by atoms with van der Waals surface area (Å²) in [7, 11) is 0. The summed E-state index contributed by atoms with van der Waals surface area (Å²) in [4.78, 5) is 15.0. The zero-order valence-corrected chi connectivity index (χ0v) is 14.3. The van der Waals surface area contributed by atoms with Crippen molar-refractivity contribution in [3.63, 3.8) is 0 Å². The average Bonchev–Trinajstić information content (AvgIpc) is 2.68. The predicted molar refractivity (Wildman–Crippen MR) is 97.1 cm³/mol. The standard InChI is InChI=1S/C20H12N4OS/c21-10-14-17(12-6-2-1-3-7-12)15(11-22)20-24(18(14)23)19(25)13-8-4-5-9-16(13)26-20/h1-9,17H,23H2/t17-/m0/s1. The van der Waals surface area contributed by atoms with Crippen LogP contribution in [0.2, 0.25) is 0 Å². The highest BCUT2D eigenvalue weighted by molar-refractivity contribution is 8.03. The quantitative estimate of drug-likeness (QED) is 0.844. The third-order valence-corrected chi connectivity index (χ3v) is 5.60. The van der Waals surface area contributed by atoms with Crippen molar-refractivity contribution < 1.29 is 4.79 Å². The number of nitriles is 2. The molecule has 2 aromatic carbocycles. The molecule has 1 atom stereocenters. The lowest BCUT2D eigenvalue weighted by Gasteiger charge is -2.37. The van der Waals surface area contributed by atoms with Gasteiger partial charge in [-0.15, -0.1) is 0 Å². The Hall–Kier alpha value is -3.48. The Labute approximate surface area is 154 Å². The predicted octanol–water partition coefficient (Wildman–Crippen LogP) is 3.46. The molecule has 1 amide bonds. The summed E-state index contributed by atoms with van der Waals surface area (Å²) in [6, 6.07) is 20.8. The molecular formula is C20H12N4OS. The molecule has 5 nitrogen and oxygen atoms in total. The SMILES string of the molecule is N#CC1=C(N)N2C(=O)c3ccccc3SC2=C(C#N)[C@H]1c1ccccc1. The highest BCUT2D eigenvalue weighted by atomic mass is 32.2. The molecule has 0 fully saturated rings. The fraction of sp³-hybridized carbons (Fsp3) is 0.0500. The van der Waals surface area contributed by atoms with Crippen molar-refractivity contribution in [3.05, 3.63) is 87.7 Å². The molecule has 2 N–H and O–H groups in total. The molecule has 0 saturated carbocycles. The molecule has 0 bridgehead atoms. The third-order valence-electron chi connectivity index (χ3n) is 4.43. The van der Waals surface area contributed by atoms with Gasteiger partial charge >= 0.3 is 0 Å². The molecule has 4 rings (SSSR count). The van der Waals surface area contributed by atoms with Gasteiger partial charge in [-0.2, -0.15) is 10.5 Å². The van der Waals surface area contributed by atoms with Gasteiger partial charge in [0.15, 0.2) is 0 Å². The van der Waals surface area contributed by atoms with Crippen LogP contribution in [-0.2, 0) is 0 Å². The van der Waals surface area contributed by atoms with Crippen LogP contribution in [-0.4, -0.2) is 10.8 Å². The van der Waals surface area contributed by atoms with E-state index >= 15 is 0 Å². The van der Waals surface area contributed by atoms with Crippen LogP contribution in [0.4, 0.5) is 0 Å². The van der Waals surface area contributed by atoms with Crippen molar-refractivity contribution in [2.24, 2.45) is 5.73 Å². The van der Waals surface area contributed by atoms with E-state index in [2.05, 4.69) is 12.1 Å². The maximum atomic E-state index is 13.0. The van der Waals surface area contributed by atoms with Gasteiger partial charge in [0.1, 0.15) is 10.9 Å². The van der Waals surface area contributed by atoms with Crippen LogP contribution in [0.25, 0.3) is 0 Å². The van der Waals surface area contributed by atoms with E-state index in [4.69, 9.17) is 5.73 Å². The van der Waals surface area contributed by atoms with E-state index in [0.717, 1.165) is 10.5 Å². The van der Waals surface area contributed by atoms with Crippen LogP contribution in [0.3, 0.4) is 0 Å². The first-order valence-electron chi connectivity index (χ1n) is 7.87. The molecule has 0 aromatic heterocycles. The second kappa shape index (κ2) is 6.11. The summed E-state index contributed by atoms with van der Waals surface area (Å²) in [5, 5.41) is 20.1. The lowest BCUT2D eigenvalue weighted by Crippen LogP contribution is -2.40. The van der Waals surface area contributed by atoms with Crippen LogP contribution in [0.15, 0.2) is 81.5 Å². The van der Waals surface area contributed by atoms with Crippen LogP contribution < -0.4 is 5.73 Å². The molecule has 0 radical (unpaired) electrons. The second-order valence-corrected chi connectivity index (χ2v) is 6.85. The molecule has 0 saturated heterocycles. The highest BCUT2D eigenvalue weighted by Gasteiger charge is 2.41. The minimum absolute atomic E-state index is 0.0855. The molecule has 2 aliphatic heterocycles. The number of carbonyl (C=O) groups is 1. The third kappa shape index (κ3) is 2.21. The number of carbonyl (C=O) groups excluding carboxylic acids is 1. The van der Waals surface area contributed by atoms with Crippen molar-refractivity contribution >= 4 is 17.7 Å². The Morgan fingerprint density at radius 2 is 1.62 bits per heavy atom. The van der Waals surface area contributed by atoms with E-state index in [9.17, 15) is 15.3 Å². The van der Waals surface area contributed by atoms with Gasteiger partial charge in [0.05, 0.1) is 34.8 Å². The lowest BCUT2D eigenvalue weighted by molar-refractivity contribution is 0.0841. The highest BCUT2D eigenvalue weighted by Crippen LogP contribution is 2.49. The van der Waals surface area contributed by atoms with Gasteiger partial charge in [-0.3, -0.25) is 9.69 Å². The van der Waals surface area contributed by atoms with Gasteiger partial charge in [-0.05, 0) is 17.7 Å². The minimum Gasteiger partial charge on any atom is -0.384 e. The van der Waals surface area contributed by atoms with E-state index in [0.29, 0.717) is 16.2 Å². The zero-order chi connectivity index (χ0) is 18.3. The topological polar surface area (TPSA) is 93.9 Å². The Bertz CT molecular complexity index is 1070. The Morgan fingerprint density at radius 3 is 2.31 bits per heavy atom. The van der Waals surface area contributed by atoms with E-state index in [1.165, 1.54) is 16.7 Å². The summed E-state index contributed by atoms with van der Waals surface area (Å²) in [5.74, 6) is -0.816. The van der Waals surface area contributed by atoms with Crippen LogP contribution in [0.1, 0.15) is 21.8 Å². The molecule has 6 heteroatoms. The Morgan fingerprint density at radius 1 is 0.962 bits per heavy atom.